The van der Waals surface area contributed by atoms with Gasteiger partial charge in [-0.15, -0.1) is 0 Å². The molecule has 5 heteroatoms. The molecule has 0 radical (unpaired) electrons. The van der Waals surface area contributed by atoms with Gasteiger partial charge in [0.25, 0.3) is 0 Å². The second-order valence-electron chi connectivity index (χ2n) is 5.86. The minimum absolute atomic E-state index is 0.0638. The van der Waals surface area contributed by atoms with Gasteiger partial charge in [0.1, 0.15) is 0 Å². The summed E-state index contributed by atoms with van der Waals surface area (Å²) < 4.78 is 16.6. The summed E-state index contributed by atoms with van der Waals surface area (Å²) in [4.78, 5) is 0. The summed E-state index contributed by atoms with van der Waals surface area (Å²) in [7, 11) is 3.03. The van der Waals surface area contributed by atoms with Crippen molar-refractivity contribution in [2.75, 3.05) is 14.2 Å². The van der Waals surface area contributed by atoms with Gasteiger partial charge in [0, 0.05) is 11.1 Å². The Morgan fingerprint density at radius 1 is 0.741 bits per heavy atom. The third-order valence-corrected chi connectivity index (χ3v) is 4.15. The van der Waals surface area contributed by atoms with Gasteiger partial charge in [0.15, 0.2) is 23.0 Å². The average Bonchev–Trinajstić information content (AvgIpc) is 2.66. The van der Waals surface area contributed by atoms with E-state index in [1.54, 1.807) is 12.1 Å². The van der Waals surface area contributed by atoms with Crippen molar-refractivity contribution in [3.63, 3.8) is 0 Å². The summed E-state index contributed by atoms with van der Waals surface area (Å²) in [5.74, 6) is 0.909. The average molecular weight is 370 g/mol. The van der Waals surface area contributed by atoms with E-state index in [1.165, 1.54) is 14.2 Å². The van der Waals surface area contributed by atoms with Gasteiger partial charge in [-0.1, -0.05) is 36.4 Å². The zero-order valence-corrected chi connectivity index (χ0v) is 16.2. The lowest BCUT2D eigenvalue weighted by Crippen LogP contribution is -2.03. The van der Waals surface area contributed by atoms with Crippen LogP contribution in [0.2, 0.25) is 0 Å². The van der Waals surface area contributed by atoms with Crippen LogP contribution in [-0.4, -0.2) is 24.4 Å². The van der Waals surface area contributed by atoms with Crippen LogP contribution in [-0.2, 0) is 18.0 Å². The molecule has 0 spiro atoms. The van der Waals surface area contributed by atoms with E-state index in [4.69, 9.17) is 14.2 Å². The maximum atomic E-state index is 10.1. The van der Waals surface area contributed by atoms with Gasteiger partial charge >= 0.3 is 0 Å². The summed E-state index contributed by atoms with van der Waals surface area (Å²) >= 11 is 0. The van der Waals surface area contributed by atoms with E-state index in [9.17, 15) is 10.2 Å². The lowest BCUT2D eigenvalue weighted by Gasteiger charge is -2.16. The van der Waals surface area contributed by atoms with E-state index in [-0.39, 0.29) is 24.7 Å². The summed E-state index contributed by atoms with van der Waals surface area (Å²) in [6.07, 6.45) is 7.69. The lowest BCUT2D eigenvalue weighted by molar-refractivity contribution is 0.103. The number of hydrogen-bond donors (Lipinski definition) is 2. The molecule has 5 nitrogen and oxygen atoms in total. The first-order chi connectivity index (χ1) is 13.1. The minimum Gasteiger partial charge on any atom is -0.504 e. The van der Waals surface area contributed by atoms with Gasteiger partial charge in [-0.2, -0.15) is 0 Å². The van der Waals surface area contributed by atoms with Crippen molar-refractivity contribution in [3.8, 4) is 23.0 Å². The van der Waals surface area contributed by atoms with Crippen LogP contribution in [0.25, 0.3) is 12.2 Å². The van der Waals surface area contributed by atoms with Gasteiger partial charge < -0.3 is 24.4 Å². The highest BCUT2D eigenvalue weighted by molar-refractivity contribution is 5.62. The van der Waals surface area contributed by atoms with Crippen molar-refractivity contribution in [1.29, 1.82) is 0 Å². The van der Waals surface area contributed by atoms with Crippen LogP contribution in [0.15, 0.2) is 36.4 Å². The Labute approximate surface area is 160 Å². The highest BCUT2D eigenvalue weighted by Gasteiger charge is 2.16. The second kappa shape index (κ2) is 9.69. The van der Waals surface area contributed by atoms with Crippen LogP contribution >= 0.6 is 0 Å². The molecule has 0 aliphatic heterocycles. The number of hydrogen-bond acceptors (Lipinski definition) is 5. The Hall–Kier alpha value is -2.92. The van der Waals surface area contributed by atoms with Crippen molar-refractivity contribution in [2.24, 2.45) is 0 Å². The molecule has 0 saturated carbocycles. The van der Waals surface area contributed by atoms with Crippen LogP contribution in [0.3, 0.4) is 0 Å². The fourth-order valence-electron chi connectivity index (χ4n) is 2.94. The van der Waals surface area contributed by atoms with Crippen LogP contribution in [0.1, 0.15) is 36.1 Å². The number of benzene rings is 2. The van der Waals surface area contributed by atoms with Gasteiger partial charge in [-0.05, 0) is 37.1 Å². The molecular weight excluding hydrogens is 344 g/mol. The lowest BCUT2D eigenvalue weighted by atomic mass is 10.0. The molecular formula is C22H26O5. The predicted octanol–water partition coefficient (Wildman–Crippen LogP) is 4.90. The van der Waals surface area contributed by atoms with Crippen molar-refractivity contribution >= 4 is 12.2 Å². The Bertz CT molecular complexity index is 768. The maximum Gasteiger partial charge on any atom is 0.166 e. The molecule has 2 aromatic rings. The third kappa shape index (κ3) is 4.63. The van der Waals surface area contributed by atoms with E-state index in [0.717, 1.165) is 22.3 Å². The Morgan fingerprint density at radius 2 is 1.15 bits per heavy atom. The molecule has 0 aliphatic rings. The van der Waals surface area contributed by atoms with E-state index in [1.807, 2.05) is 50.3 Å². The van der Waals surface area contributed by atoms with Gasteiger partial charge in [0.05, 0.1) is 27.4 Å². The summed E-state index contributed by atoms with van der Waals surface area (Å²) in [5.41, 5.74) is 3.32. The van der Waals surface area contributed by atoms with Gasteiger partial charge in [-0.3, -0.25) is 0 Å². The number of phenolic OH excluding ortho intramolecular Hbond substituents is 2. The molecule has 0 bridgehead atoms. The van der Waals surface area contributed by atoms with E-state index >= 15 is 0 Å². The SMILES string of the molecule is C/C=C\c1ccc(O)c(OC)c1COCc1c(/C=C\C)ccc(O)c1OC. The Balaban J connectivity index is 2.32. The number of rotatable bonds is 8. The first kappa shape index (κ1) is 20.4. The molecule has 2 N–H and O–H groups in total. The number of allylic oxidation sites excluding steroid dienone is 2. The molecule has 0 heterocycles. The van der Waals surface area contributed by atoms with Crippen molar-refractivity contribution in [1.82, 2.24) is 0 Å². The molecule has 2 rings (SSSR count). The molecule has 0 amide bonds. The fourth-order valence-corrected chi connectivity index (χ4v) is 2.94. The molecule has 2 aromatic carbocycles. The molecule has 0 aromatic heterocycles. The smallest absolute Gasteiger partial charge is 0.166 e. The minimum atomic E-state index is 0.0638. The monoisotopic (exact) mass is 370 g/mol. The molecule has 0 aliphatic carbocycles. The number of methoxy groups -OCH3 is 2. The Kier molecular flexibility index (Phi) is 7.32. The topological polar surface area (TPSA) is 68.2 Å². The molecule has 27 heavy (non-hydrogen) atoms. The first-order valence-electron chi connectivity index (χ1n) is 8.68. The molecule has 144 valence electrons. The molecule has 0 saturated heterocycles. The highest BCUT2D eigenvalue weighted by Crippen LogP contribution is 2.36. The number of ether oxygens (including phenoxy) is 3. The Morgan fingerprint density at radius 3 is 1.48 bits per heavy atom. The van der Waals surface area contributed by atoms with Crippen LogP contribution in [0.4, 0.5) is 0 Å². The maximum absolute atomic E-state index is 10.1. The molecule has 0 atom stereocenters. The van der Waals surface area contributed by atoms with E-state index in [2.05, 4.69) is 0 Å². The normalized spacial score (nSPS) is 11.4. The van der Waals surface area contributed by atoms with E-state index < -0.39 is 0 Å². The quantitative estimate of drug-likeness (QED) is 0.692. The summed E-state index contributed by atoms with van der Waals surface area (Å²) in [6, 6.07) is 6.83. The fraction of sp³-hybridized carbons (Fsp3) is 0.273. The standard InChI is InChI=1S/C22H26O5/c1-5-7-15-9-11-19(23)21(25-3)17(15)13-27-14-18-16(8-6-2)10-12-20(24)22(18)26-4/h5-12,23-24H,13-14H2,1-4H3/b7-5-,8-6-. The summed E-state index contributed by atoms with van der Waals surface area (Å²) in [6.45, 7) is 4.30. The van der Waals surface area contributed by atoms with Crippen LogP contribution < -0.4 is 9.47 Å². The largest absolute Gasteiger partial charge is 0.504 e. The first-order valence-corrected chi connectivity index (χ1v) is 8.68. The van der Waals surface area contributed by atoms with Gasteiger partial charge in [0.2, 0.25) is 0 Å². The van der Waals surface area contributed by atoms with Crippen LogP contribution in [0, 0.1) is 0 Å². The number of aromatic hydroxyl groups is 2. The van der Waals surface area contributed by atoms with E-state index in [0.29, 0.717) is 11.5 Å². The van der Waals surface area contributed by atoms with Gasteiger partial charge in [-0.25, -0.2) is 0 Å². The van der Waals surface area contributed by atoms with Crippen molar-refractivity contribution in [3.05, 3.63) is 58.7 Å². The van der Waals surface area contributed by atoms with Crippen LogP contribution in [0.5, 0.6) is 23.0 Å². The zero-order valence-electron chi connectivity index (χ0n) is 16.2. The molecule has 0 unspecified atom stereocenters. The third-order valence-electron chi connectivity index (χ3n) is 4.15. The highest BCUT2D eigenvalue weighted by atomic mass is 16.5. The van der Waals surface area contributed by atoms with Crippen molar-refractivity contribution in [2.45, 2.75) is 27.1 Å². The second-order valence-corrected chi connectivity index (χ2v) is 5.86. The zero-order chi connectivity index (χ0) is 19.8. The predicted molar refractivity (Wildman–Crippen MR) is 107 cm³/mol. The number of phenols is 2. The molecule has 0 fully saturated rings. The summed E-state index contributed by atoms with van der Waals surface area (Å²) in [5, 5.41) is 20.1. The van der Waals surface area contributed by atoms with Crippen molar-refractivity contribution < 1.29 is 24.4 Å².